The molecule has 0 aromatic heterocycles. The molecule has 1 saturated heterocycles. The van der Waals surface area contributed by atoms with Crippen molar-refractivity contribution in [2.45, 2.75) is 19.8 Å². The monoisotopic (exact) mass is 292 g/mol. The zero-order chi connectivity index (χ0) is 15.2. The van der Waals surface area contributed by atoms with Crippen molar-refractivity contribution in [1.82, 2.24) is 4.90 Å². The molecule has 6 nitrogen and oxygen atoms in total. The number of ether oxygens (including phenoxy) is 1. The van der Waals surface area contributed by atoms with Crippen molar-refractivity contribution in [2.75, 3.05) is 25.0 Å². The summed E-state index contributed by atoms with van der Waals surface area (Å²) in [5.41, 5.74) is 0.668. The Morgan fingerprint density at radius 3 is 2.48 bits per heavy atom. The predicted molar refractivity (Wildman–Crippen MR) is 78.6 cm³/mol. The minimum Gasteiger partial charge on any atom is -0.482 e. The summed E-state index contributed by atoms with van der Waals surface area (Å²) in [6.45, 7) is 3.39. The summed E-state index contributed by atoms with van der Waals surface area (Å²) in [5.74, 6) is 0.119. The summed E-state index contributed by atoms with van der Waals surface area (Å²) in [4.78, 5) is 24.3. The number of benzene rings is 1. The topological polar surface area (TPSA) is 78.9 Å². The average molecular weight is 292 g/mol. The molecule has 0 bridgehead atoms. The lowest BCUT2D eigenvalue weighted by atomic mass is 10.00. The summed E-state index contributed by atoms with van der Waals surface area (Å²) >= 11 is 0. The fourth-order valence-electron chi connectivity index (χ4n) is 2.19. The van der Waals surface area contributed by atoms with Gasteiger partial charge in [0.2, 0.25) is 0 Å². The Balaban J connectivity index is 1.85. The Morgan fingerprint density at radius 1 is 1.29 bits per heavy atom. The number of likely N-dealkylation sites (tertiary alicyclic amines) is 1. The quantitative estimate of drug-likeness (QED) is 0.893. The lowest BCUT2D eigenvalue weighted by Gasteiger charge is -2.30. The molecule has 0 spiro atoms. The summed E-state index contributed by atoms with van der Waals surface area (Å²) in [6.07, 6.45) is 2.07. The van der Waals surface area contributed by atoms with Gasteiger partial charge in [0.25, 0.3) is 0 Å². The maximum atomic E-state index is 12.1. The first-order valence-corrected chi connectivity index (χ1v) is 7.05. The van der Waals surface area contributed by atoms with Crippen molar-refractivity contribution in [3.8, 4) is 5.75 Å². The molecule has 0 aliphatic carbocycles. The number of anilines is 1. The van der Waals surface area contributed by atoms with Crippen molar-refractivity contribution in [1.29, 1.82) is 0 Å². The van der Waals surface area contributed by atoms with Crippen molar-refractivity contribution < 1.29 is 19.4 Å². The second-order valence-corrected chi connectivity index (χ2v) is 5.31. The van der Waals surface area contributed by atoms with E-state index >= 15 is 0 Å². The van der Waals surface area contributed by atoms with Gasteiger partial charge < -0.3 is 20.1 Å². The number of carbonyl (C=O) groups is 2. The van der Waals surface area contributed by atoms with Crippen LogP contribution >= 0.6 is 0 Å². The first-order valence-electron chi connectivity index (χ1n) is 7.05. The highest BCUT2D eigenvalue weighted by atomic mass is 16.5. The smallest absolute Gasteiger partial charge is 0.341 e. The third kappa shape index (κ3) is 4.66. The van der Waals surface area contributed by atoms with E-state index in [0.29, 0.717) is 17.4 Å². The van der Waals surface area contributed by atoms with Crippen LogP contribution in [0.1, 0.15) is 19.8 Å². The normalized spacial score (nSPS) is 15.6. The number of aliphatic carboxylic acids is 1. The van der Waals surface area contributed by atoms with Crippen LogP contribution in [0, 0.1) is 5.92 Å². The number of amides is 2. The summed E-state index contributed by atoms with van der Waals surface area (Å²) in [6, 6.07) is 6.57. The van der Waals surface area contributed by atoms with Gasteiger partial charge in [0, 0.05) is 18.8 Å². The number of nitrogens with one attached hydrogen (secondary N) is 1. The molecule has 2 amide bonds. The van der Waals surface area contributed by atoms with Gasteiger partial charge in [-0.05, 0) is 43.0 Å². The summed E-state index contributed by atoms with van der Waals surface area (Å²) < 4.78 is 5.03. The molecule has 1 heterocycles. The van der Waals surface area contributed by atoms with Gasteiger partial charge in [-0.2, -0.15) is 0 Å². The molecule has 1 aromatic carbocycles. The van der Waals surface area contributed by atoms with Crippen LogP contribution in [0.25, 0.3) is 0 Å². The van der Waals surface area contributed by atoms with Crippen molar-refractivity contribution >= 4 is 17.7 Å². The highest BCUT2D eigenvalue weighted by Crippen LogP contribution is 2.19. The van der Waals surface area contributed by atoms with Gasteiger partial charge in [-0.15, -0.1) is 0 Å². The summed E-state index contributed by atoms with van der Waals surface area (Å²) in [7, 11) is 0. The van der Waals surface area contributed by atoms with E-state index in [9.17, 15) is 9.59 Å². The molecule has 2 N–H and O–H groups in total. The van der Waals surface area contributed by atoms with Gasteiger partial charge in [0.05, 0.1) is 0 Å². The molecular weight excluding hydrogens is 272 g/mol. The van der Waals surface area contributed by atoms with Gasteiger partial charge in [0.15, 0.2) is 6.61 Å². The fourth-order valence-corrected chi connectivity index (χ4v) is 2.19. The standard InChI is InChI=1S/C15H20N2O4/c1-11-6-8-17(9-7-11)15(20)16-12-2-4-13(5-3-12)21-10-14(18)19/h2-5,11H,6-10H2,1H3,(H,16,20)(H,18,19). The largest absolute Gasteiger partial charge is 0.482 e. The Hall–Kier alpha value is -2.24. The molecular formula is C15H20N2O4. The molecule has 1 fully saturated rings. The molecule has 21 heavy (non-hydrogen) atoms. The number of carbonyl (C=O) groups excluding carboxylic acids is 1. The minimum absolute atomic E-state index is 0.0962. The molecule has 0 atom stereocenters. The van der Waals surface area contributed by atoms with Gasteiger partial charge in [-0.3, -0.25) is 0 Å². The van der Waals surface area contributed by atoms with Crippen LogP contribution in [0.2, 0.25) is 0 Å². The number of hydrogen-bond donors (Lipinski definition) is 2. The first-order chi connectivity index (χ1) is 10.0. The number of carboxylic acid groups (broad SMARTS) is 1. The molecule has 0 radical (unpaired) electrons. The molecule has 1 aliphatic rings. The van der Waals surface area contributed by atoms with Crippen molar-refractivity contribution in [3.05, 3.63) is 24.3 Å². The van der Waals surface area contributed by atoms with Crippen LogP contribution in [0.5, 0.6) is 5.75 Å². The van der Waals surface area contributed by atoms with E-state index in [4.69, 9.17) is 9.84 Å². The van der Waals surface area contributed by atoms with E-state index in [2.05, 4.69) is 12.2 Å². The predicted octanol–water partition coefficient (Wildman–Crippen LogP) is 2.41. The molecule has 1 aliphatic heterocycles. The lowest BCUT2D eigenvalue weighted by Crippen LogP contribution is -2.40. The molecule has 6 heteroatoms. The molecule has 2 rings (SSSR count). The zero-order valence-electron chi connectivity index (χ0n) is 12.0. The maximum absolute atomic E-state index is 12.1. The second-order valence-electron chi connectivity index (χ2n) is 5.31. The summed E-state index contributed by atoms with van der Waals surface area (Å²) in [5, 5.41) is 11.4. The molecule has 0 unspecified atom stereocenters. The van der Waals surface area contributed by atoms with Gasteiger partial charge >= 0.3 is 12.0 Å². The van der Waals surface area contributed by atoms with E-state index in [0.717, 1.165) is 25.9 Å². The average Bonchev–Trinajstić information content (AvgIpc) is 2.47. The molecule has 1 aromatic rings. The van der Waals surface area contributed by atoms with Gasteiger partial charge in [-0.1, -0.05) is 6.92 Å². The third-order valence-electron chi connectivity index (χ3n) is 3.54. The number of hydrogen-bond acceptors (Lipinski definition) is 3. The highest BCUT2D eigenvalue weighted by Gasteiger charge is 2.20. The van der Waals surface area contributed by atoms with Crippen LogP contribution < -0.4 is 10.1 Å². The van der Waals surface area contributed by atoms with E-state index < -0.39 is 5.97 Å². The van der Waals surface area contributed by atoms with Crippen molar-refractivity contribution in [2.24, 2.45) is 5.92 Å². The van der Waals surface area contributed by atoms with Gasteiger partial charge in [0.1, 0.15) is 5.75 Å². The van der Waals surface area contributed by atoms with E-state index in [-0.39, 0.29) is 12.6 Å². The van der Waals surface area contributed by atoms with E-state index in [1.807, 2.05) is 4.90 Å². The second kappa shape index (κ2) is 6.97. The fraction of sp³-hybridized carbons (Fsp3) is 0.467. The lowest BCUT2D eigenvalue weighted by molar-refractivity contribution is -0.139. The molecule has 114 valence electrons. The van der Waals surface area contributed by atoms with Crippen molar-refractivity contribution in [3.63, 3.8) is 0 Å². The SMILES string of the molecule is CC1CCN(C(=O)Nc2ccc(OCC(=O)O)cc2)CC1. The maximum Gasteiger partial charge on any atom is 0.341 e. The Bertz CT molecular complexity index is 493. The Morgan fingerprint density at radius 2 is 1.90 bits per heavy atom. The van der Waals surface area contributed by atoms with Crippen LogP contribution in [0.4, 0.5) is 10.5 Å². The van der Waals surface area contributed by atoms with Gasteiger partial charge in [-0.25, -0.2) is 9.59 Å². The number of rotatable bonds is 4. The Kier molecular flexibility index (Phi) is 5.03. The number of nitrogens with zero attached hydrogens (tertiary/aromatic N) is 1. The van der Waals surface area contributed by atoms with Crippen LogP contribution in [0.15, 0.2) is 24.3 Å². The first kappa shape index (κ1) is 15.2. The van der Waals surface area contributed by atoms with Crippen LogP contribution in [-0.4, -0.2) is 41.7 Å². The Labute approximate surface area is 123 Å². The van der Waals surface area contributed by atoms with Crippen LogP contribution in [-0.2, 0) is 4.79 Å². The van der Waals surface area contributed by atoms with Crippen LogP contribution in [0.3, 0.4) is 0 Å². The minimum atomic E-state index is -1.02. The van der Waals surface area contributed by atoms with E-state index in [1.54, 1.807) is 24.3 Å². The molecule has 0 saturated carbocycles. The number of piperidine rings is 1. The zero-order valence-corrected chi connectivity index (χ0v) is 12.0. The highest BCUT2D eigenvalue weighted by molar-refractivity contribution is 5.89. The van der Waals surface area contributed by atoms with E-state index in [1.165, 1.54) is 0 Å². The third-order valence-corrected chi connectivity index (χ3v) is 3.54. The number of carboxylic acids is 1. The number of urea groups is 1.